The van der Waals surface area contributed by atoms with E-state index in [2.05, 4.69) is 5.16 Å². The number of hydrogen-bond donors (Lipinski definition) is 0. The minimum Gasteiger partial charge on any atom is -0.360 e. The van der Waals surface area contributed by atoms with Gasteiger partial charge in [0.25, 0.3) is 0 Å². The van der Waals surface area contributed by atoms with Crippen molar-refractivity contribution in [2.75, 3.05) is 0 Å². The Morgan fingerprint density at radius 3 is 2.54 bits per heavy atom. The van der Waals surface area contributed by atoms with E-state index in [1.165, 1.54) is 23.0 Å². The Morgan fingerprint density at radius 2 is 1.81 bits per heavy atom. The van der Waals surface area contributed by atoms with Crippen LogP contribution in [-0.2, 0) is 0 Å². The summed E-state index contributed by atoms with van der Waals surface area (Å²) in [4.78, 5) is 4.71. The minimum absolute atomic E-state index is 0.230. The van der Waals surface area contributed by atoms with Crippen molar-refractivity contribution < 1.29 is 8.91 Å². The maximum absolute atomic E-state index is 14.4. The van der Waals surface area contributed by atoms with E-state index < -0.39 is 5.82 Å². The lowest BCUT2D eigenvalue weighted by atomic mass is 10.1. The monoisotopic (exact) mass is 384 g/mol. The van der Waals surface area contributed by atoms with Crippen LogP contribution in [0.3, 0.4) is 0 Å². The number of rotatable bonds is 3. The lowest BCUT2D eigenvalue weighted by molar-refractivity contribution is 0.400. The van der Waals surface area contributed by atoms with Crippen LogP contribution in [0.25, 0.3) is 33.1 Å². The zero-order valence-corrected chi connectivity index (χ0v) is 15.7. The average molecular weight is 385 g/mol. The summed E-state index contributed by atoms with van der Waals surface area (Å²) >= 11 is 7.67. The van der Waals surface area contributed by atoms with Crippen LogP contribution >= 0.6 is 22.9 Å². The van der Waals surface area contributed by atoms with Gasteiger partial charge in [0.05, 0.1) is 21.8 Å². The summed E-state index contributed by atoms with van der Waals surface area (Å²) in [7, 11) is 0. The molecule has 26 heavy (non-hydrogen) atoms. The molecule has 3 nitrogen and oxygen atoms in total. The van der Waals surface area contributed by atoms with Crippen molar-refractivity contribution in [3.05, 3.63) is 70.0 Å². The molecule has 2 heterocycles. The van der Waals surface area contributed by atoms with Gasteiger partial charge in [-0.3, -0.25) is 0 Å². The van der Waals surface area contributed by atoms with Crippen LogP contribution in [0.4, 0.5) is 4.39 Å². The van der Waals surface area contributed by atoms with Crippen LogP contribution in [0.2, 0.25) is 5.02 Å². The molecule has 0 spiro atoms. The summed E-state index contributed by atoms with van der Waals surface area (Å²) in [5, 5.41) is 7.02. The maximum atomic E-state index is 14.4. The van der Waals surface area contributed by atoms with Gasteiger partial charge >= 0.3 is 0 Å². The fourth-order valence-corrected chi connectivity index (χ4v) is 3.94. The summed E-state index contributed by atoms with van der Waals surface area (Å²) in [5.41, 5.74) is 4.34. The normalized spacial score (nSPS) is 11.1. The Balaban J connectivity index is 1.83. The first kappa shape index (κ1) is 16.9. The Morgan fingerprint density at radius 1 is 1.04 bits per heavy atom. The van der Waals surface area contributed by atoms with Gasteiger partial charge in [-0.1, -0.05) is 52.7 Å². The van der Waals surface area contributed by atoms with Crippen molar-refractivity contribution in [3.63, 3.8) is 0 Å². The Kier molecular flexibility index (Phi) is 4.34. The molecule has 0 aliphatic carbocycles. The van der Waals surface area contributed by atoms with E-state index in [1.54, 1.807) is 19.1 Å². The van der Waals surface area contributed by atoms with Gasteiger partial charge in [-0.15, -0.1) is 11.3 Å². The molecule has 0 N–H and O–H groups in total. The van der Waals surface area contributed by atoms with Crippen molar-refractivity contribution in [3.8, 4) is 33.1 Å². The largest absolute Gasteiger partial charge is 0.360 e. The predicted molar refractivity (Wildman–Crippen MR) is 103 cm³/mol. The number of hydrogen-bond acceptors (Lipinski definition) is 4. The molecule has 130 valence electrons. The van der Waals surface area contributed by atoms with Gasteiger partial charge in [0.2, 0.25) is 0 Å². The van der Waals surface area contributed by atoms with E-state index in [0.29, 0.717) is 22.0 Å². The first-order chi connectivity index (χ1) is 12.5. The molecule has 0 unspecified atom stereocenters. The van der Waals surface area contributed by atoms with Crippen molar-refractivity contribution in [2.24, 2.45) is 0 Å². The third kappa shape index (κ3) is 2.93. The standard InChI is InChI=1S/C20H14ClFN2OS/c1-11-6-8-13(9-7-11)16-10-26-20(23-16)17-12(2)25-24-19(17)18-14(21)4-3-5-15(18)22/h3-10H,1-2H3. The molecule has 0 radical (unpaired) electrons. The lowest BCUT2D eigenvalue weighted by Gasteiger charge is -2.04. The summed E-state index contributed by atoms with van der Waals surface area (Å²) < 4.78 is 19.7. The molecule has 4 rings (SSSR count). The molecule has 4 aromatic rings. The molecule has 0 atom stereocenters. The van der Waals surface area contributed by atoms with E-state index in [1.807, 2.05) is 36.6 Å². The van der Waals surface area contributed by atoms with Gasteiger partial charge in [0.1, 0.15) is 22.3 Å². The molecule has 0 aliphatic heterocycles. The second-order valence-electron chi connectivity index (χ2n) is 5.96. The highest BCUT2D eigenvalue weighted by atomic mass is 35.5. The molecule has 2 aromatic carbocycles. The highest BCUT2D eigenvalue weighted by Crippen LogP contribution is 2.40. The van der Waals surface area contributed by atoms with Crippen molar-refractivity contribution >= 4 is 22.9 Å². The summed E-state index contributed by atoms with van der Waals surface area (Å²) in [6, 6.07) is 12.7. The number of aromatic nitrogens is 2. The summed E-state index contributed by atoms with van der Waals surface area (Å²) in [6.07, 6.45) is 0. The predicted octanol–water partition coefficient (Wildman–Crippen LogP) is 6.54. The van der Waals surface area contributed by atoms with Gasteiger partial charge in [-0.2, -0.15) is 0 Å². The zero-order valence-electron chi connectivity index (χ0n) is 14.1. The number of benzene rings is 2. The second-order valence-corrected chi connectivity index (χ2v) is 7.23. The number of nitrogens with zero attached hydrogens (tertiary/aromatic N) is 2. The van der Waals surface area contributed by atoms with Crippen molar-refractivity contribution in [2.45, 2.75) is 13.8 Å². The first-order valence-corrected chi connectivity index (χ1v) is 9.24. The Hall–Kier alpha value is -2.50. The molecule has 0 bridgehead atoms. The van der Waals surface area contributed by atoms with Crippen molar-refractivity contribution in [1.29, 1.82) is 0 Å². The Labute approximate surface area is 159 Å². The Bertz CT molecular complexity index is 1070. The highest BCUT2D eigenvalue weighted by Gasteiger charge is 2.23. The van der Waals surface area contributed by atoms with E-state index in [0.717, 1.165) is 11.3 Å². The van der Waals surface area contributed by atoms with Crippen LogP contribution in [0.5, 0.6) is 0 Å². The number of halogens is 2. The molecule has 0 saturated carbocycles. The summed E-state index contributed by atoms with van der Waals surface area (Å²) in [5.74, 6) is 0.131. The molecular formula is C20H14ClFN2OS. The van der Waals surface area contributed by atoms with E-state index in [-0.39, 0.29) is 10.6 Å². The van der Waals surface area contributed by atoms with Crippen LogP contribution in [-0.4, -0.2) is 10.1 Å². The SMILES string of the molecule is Cc1ccc(-c2csc(-c3c(-c4c(F)cccc4Cl)noc3C)n2)cc1. The zero-order chi connectivity index (χ0) is 18.3. The average Bonchev–Trinajstić information content (AvgIpc) is 3.22. The van der Waals surface area contributed by atoms with Gasteiger partial charge in [-0.25, -0.2) is 9.37 Å². The first-order valence-electron chi connectivity index (χ1n) is 7.98. The summed E-state index contributed by atoms with van der Waals surface area (Å²) in [6.45, 7) is 3.83. The molecule has 0 amide bonds. The second kappa shape index (κ2) is 6.67. The van der Waals surface area contributed by atoms with Crippen LogP contribution in [0, 0.1) is 19.7 Å². The van der Waals surface area contributed by atoms with Crippen LogP contribution in [0.1, 0.15) is 11.3 Å². The minimum atomic E-state index is -0.442. The molecule has 0 fully saturated rings. The highest BCUT2D eigenvalue weighted by molar-refractivity contribution is 7.13. The third-order valence-electron chi connectivity index (χ3n) is 4.13. The van der Waals surface area contributed by atoms with Crippen LogP contribution < -0.4 is 0 Å². The third-order valence-corrected chi connectivity index (χ3v) is 5.30. The molecule has 6 heteroatoms. The smallest absolute Gasteiger partial charge is 0.144 e. The number of aryl methyl sites for hydroxylation is 2. The van der Waals surface area contributed by atoms with Gasteiger partial charge < -0.3 is 4.52 Å². The fourth-order valence-electron chi connectivity index (χ4n) is 2.76. The molecule has 0 aliphatic rings. The van der Waals surface area contributed by atoms with Gasteiger partial charge in [0.15, 0.2) is 0 Å². The molecule has 2 aromatic heterocycles. The lowest BCUT2D eigenvalue weighted by Crippen LogP contribution is -1.89. The number of thiazole rings is 1. The maximum Gasteiger partial charge on any atom is 0.144 e. The van der Waals surface area contributed by atoms with E-state index in [9.17, 15) is 4.39 Å². The molecule has 0 saturated heterocycles. The van der Waals surface area contributed by atoms with Crippen molar-refractivity contribution in [1.82, 2.24) is 10.1 Å². The van der Waals surface area contributed by atoms with E-state index in [4.69, 9.17) is 21.1 Å². The quantitative estimate of drug-likeness (QED) is 0.402. The fraction of sp³-hybridized carbons (Fsp3) is 0.100. The van der Waals surface area contributed by atoms with Gasteiger partial charge in [0, 0.05) is 10.9 Å². The topological polar surface area (TPSA) is 38.9 Å². The molecular weight excluding hydrogens is 371 g/mol. The van der Waals surface area contributed by atoms with Crippen LogP contribution in [0.15, 0.2) is 52.4 Å². The van der Waals surface area contributed by atoms with E-state index >= 15 is 0 Å². The van der Waals surface area contributed by atoms with Gasteiger partial charge in [-0.05, 0) is 26.0 Å².